The van der Waals surface area contributed by atoms with Crippen LogP contribution in [0.1, 0.15) is 43.7 Å². The van der Waals surface area contributed by atoms with E-state index in [0.717, 1.165) is 33.1 Å². The van der Waals surface area contributed by atoms with Gasteiger partial charge in [0.2, 0.25) is 0 Å². The van der Waals surface area contributed by atoms with Crippen molar-refractivity contribution < 1.29 is 4.74 Å². The largest absolute Gasteiger partial charge is 0.497 e. The molecule has 3 aromatic rings. The van der Waals surface area contributed by atoms with E-state index in [2.05, 4.69) is 39.0 Å². The second-order valence-corrected chi connectivity index (χ2v) is 8.49. The van der Waals surface area contributed by atoms with Gasteiger partial charge in [0, 0.05) is 22.4 Å². The summed E-state index contributed by atoms with van der Waals surface area (Å²) in [6, 6.07) is 16.6. The Kier molecular flexibility index (Phi) is 6.23. The molecule has 0 spiro atoms. The van der Waals surface area contributed by atoms with Crippen molar-refractivity contribution in [3.05, 3.63) is 59.1 Å². The molecule has 6 heteroatoms. The van der Waals surface area contributed by atoms with Crippen LogP contribution in [0.4, 0.5) is 0 Å². The molecule has 28 heavy (non-hydrogen) atoms. The Labute approximate surface area is 175 Å². The Balaban J connectivity index is 1.63. The van der Waals surface area contributed by atoms with Crippen LogP contribution in [0.25, 0.3) is 11.4 Å². The summed E-state index contributed by atoms with van der Waals surface area (Å²) in [4.78, 5) is 0. The summed E-state index contributed by atoms with van der Waals surface area (Å²) in [5.41, 5.74) is 2.32. The van der Waals surface area contributed by atoms with Crippen molar-refractivity contribution in [2.45, 2.75) is 49.1 Å². The molecule has 1 heterocycles. The summed E-state index contributed by atoms with van der Waals surface area (Å²) in [6.07, 6.45) is 6.24. The highest BCUT2D eigenvalue weighted by atomic mass is 35.5. The van der Waals surface area contributed by atoms with Gasteiger partial charge >= 0.3 is 0 Å². The van der Waals surface area contributed by atoms with Crippen molar-refractivity contribution in [3.8, 4) is 17.1 Å². The number of hydrogen-bond acceptors (Lipinski definition) is 4. The van der Waals surface area contributed by atoms with Crippen LogP contribution in [0.5, 0.6) is 5.75 Å². The van der Waals surface area contributed by atoms with Crippen LogP contribution in [0, 0.1) is 0 Å². The summed E-state index contributed by atoms with van der Waals surface area (Å²) < 4.78 is 7.66. The Hall–Kier alpha value is -1.98. The van der Waals surface area contributed by atoms with Crippen LogP contribution in [0.2, 0.25) is 5.02 Å². The van der Waals surface area contributed by atoms with Gasteiger partial charge < -0.3 is 4.74 Å². The number of benzene rings is 2. The number of halogens is 1. The zero-order chi connectivity index (χ0) is 19.3. The maximum Gasteiger partial charge on any atom is 0.192 e. The van der Waals surface area contributed by atoms with E-state index in [1.165, 1.54) is 37.7 Å². The summed E-state index contributed by atoms with van der Waals surface area (Å²) in [5, 5.41) is 10.9. The SMILES string of the molecule is COc1ccc(-c2nnc(SCc3ccc(Cl)cc3)n2C2CCCCC2)cc1. The molecule has 0 unspecified atom stereocenters. The van der Waals surface area contributed by atoms with Crippen molar-refractivity contribution in [3.63, 3.8) is 0 Å². The van der Waals surface area contributed by atoms with Crippen LogP contribution >= 0.6 is 23.4 Å². The Bertz CT molecular complexity index is 903. The van der Waals surface area contributed by atoms with Gasteiger partial charge in [-0.05, 0) is 54.8 Å². The lowest BCUT2D eigenvalue weighted by molar-refractivity contribution is 0.339. The van der Waals surface area contributed by atoms with Crippen LogP contribution in [0.3, 0.4) is 0 Å². The molecule has 2 aromatic carbocycles. The van der Waals surface area contributed by atoms with E-state index in [-0.39, 0.29) is 0 Å². The van der Waals surface area contributed by atoms with E-state index in [1.54, 1.807) is 18.9 Å². The van der Waals surface area contributed by atoms with Gasteiger partial charge in [0.1, 0.15) is 5.75 Å². The van der Waals surface area contributed by atoms with Gasteiger partial charge in [-0.1, -0.05) is 54.8 Å². The van der Waals surface area contributed by atoms with E-state index in [9.17, 15) is 0 Å². The van der Waals surface area contributed by atoms with Gasteiger partial charge in [-0.3, -0.25) is 4.57 Å². The molecule has 1 aromatic heterocycles. The number of aromatic nitrogens is 3. The van der Waals surface area contributed by atoms with Crippen LogP contribution < -0.4 is 4.74 Å². The molecule has 0 atom stereocenters. The zero-order valence-corrected chi connectivity index (χ0v) is 17.5. The number of hydrogen-bond donors (Lipinski definition) is 0. The average Bonchev–Trinajstić information content (AvgIpc) is 3.18. The lowest BCUT2D eigenvalue weighted by Gasteiger charge is -2.25. The van der Waals surface area contributed by atoms with Gasteiger partial charge in [0.05, 0.1) is 7.11 Å². The van der Waals surface area contributed by atoms with E-state index < -0.39 is 0 Å². The number of nitrogens with zero attached hydrogens (tertiary/aromatic N) is 3. The number of thioether (sulfide) groups is 1. The van der Waals surface area contributed by atoms with Crippen LogP contribution in [0.15, 0.2) is 53.7 Å². The van der Waals surface area contributed by atoms with Gasteiger partial charge in [-0.15, -0.1) is 10.2 Å². The number of rotatable bonds is 6. The molecular formula is C22H24ClN3OS. The van der Waals surface area contributed by atoms with Gasteiger partial charge in [-0.2, -0.15) is 0 Å². The van der Waals surface area contributed by atoms with E-state index in [1.807, 2.05) is 24.3 Å². The molecule has 0 amide bonds. The lowest BCUT2D eigenvalue weighted by atomic mass is 9.95. The van der Waals surface area contributed by atoms with E-state index in [0.29, 0.717) is 6.04 Å². The van der Waals surface area contributed by atoms with Gasteiger partial charge in [0.25, 0.3) is 0 Å². The smallest absolute Gasteiger partial charge is 0.192 e. The third-order valence-corrected chi connectivity index (χ3v) is 6.50. The van der Waals surface area contributed by atoms with E-state index in [4.69, 9.17) is 16.3 Å². The van der Waals surface area contributed by atoms with Crippen molar-refractivity contribution in [1.82, 2.24) is 14.8 Å². The third-order valence-electron chi connectivity index (χ3n) is 5.23. The van der Waals surface area contributed by atoms with Crippen molar-refractivity contribution in [2.75, 3.05) is 7.11 Å². The molecule has 0 bridgehead atoms. The minimum Gasteiger partial charge on any atom is -0.497 e. The summed E-state index contributed by atoms with van der Waals surface area (Å²) in [7, 11) is 1.69. The Morgan fingerprint density at radius 1 is 1.00 bits per heavy atom. The highest BCUT2D eigenvalue weighted by Crippen LogP contribution is 2.36. The standard InChI is InChI=1S/C22H24ClN3OS/c1-27-20-13-9-17(10-14-20)21-24-25-22(26(21)19-5-3-2-4-6-19)28-15-16-7-11-18(23)12-8-16/h7-14,19H,2-6,15H2,1H3. The van der Waals surface area contributed by atoms with Crippen LogP contribution in [-0.4, -0.2) is 21.9 Å². The molecule has 1 saturated carbocycles. The van der Waals surface area contributed by atoms with Crippen LogP contribution in [-0.2, 0) is 5.75 Å². The molecule has 0 aliphatic heterocycles. The molecule has 1 fully saturated rings. The average molecular weight is 414 g/mol. The molecule has 1 aliphatic rings. The molecular weight excluding hydrogens is 390 g/mol. The van der Waals surface area contributed by atoms with Gasteiger partial charge in [0.15, 0.2) is 11.0 Å². The molecule has 4 nitrogen and oxygen atoms in total. The first-order valence-corrected chi connectivity index (χ1v) is 11.1. The quantitative estimate of drug-likeness (QED) is 0.438. The van der Waals surface area contributed by atoms with Crippen molar-refractivity contribution in [2.24, 2.45) is 0 Å². The summed E-state index contributed by atoms with van der Waals surface area (Å²) in [6.45, 7) is 0. The Morgan fingerprint density at radius 3 is 2.39 bits per heavy atom. The van der Waals surface area contributed by atoms with Crippen molar-refractivity contribution in [1.29, 1.82) is 0 Å². The zero-order valence-electron chi connectivity index (χ0n) is 16.0. The minimum absolute atomic E-state index is 0.466. The van der Waals surface area contributed by atoms with Gasteiger partial charge in [-0.25, -0.2) is 0 Å². The number of methoxy groups -OCH3 is 1. The monoisotopic (exact) mass is 413 g/mol. The predicted octanol–water partition coefficient (Wildman–Crippen LogP) is 6.40. The fourth-order valence-electron chi connectivity index (χ4n) is 3.71. The maximum absolute atomic E-state index is 6.01. The summed E-state index contributed by atoms with van der Waals surface area (Å²) in [5.74, 6) is 2.66. The van der Waals surface area contributed by atoms with Crippen molar-refractivity contribution >= 4 is 23.4 Å². The lowest BCUT2D eigenvalue weighted by Crippen LogP contribution is -2.15. The first-order chi connectivity index (χ1) is 13.7. The maximum atomic E-state index is 6.01. The molecule has 1 aliphatic carbocycles. The highest BCUT2D eigenvalue weighted by Gasteiger charge is 2.23. The molecule has 0 saturated heterocycles. The second kappa shape index (κ2) is 9.01. The Morgan fingerprint density at radius 2 is 1.71 bits per heavy atom. The fraction of sp³-hybridized carbons (Fsp3) is 0.364. The molecule has 0 N–H and O–H groups in total. The molecule has 4 rings (SSSR count). The van der Waals surface area contributed by atoms with E-state index >= 15 is 0 Å². The molecule has 146 valence electrons. The first-order valence-electron chi connectivity index (χ1n) is 9.71. The first kappa shape index (κ1) is 19.3. The minimum atomic E-state index is 0.466. The predicted molar refractivity (Wildman–Crippen MR) is 115 cm³/mol. The summed E-state index contributed by atoms with van der Waals surface area (Å²) >= 11 is 7.75. The fourth-order valence-corrected chi connectivity index (χ4v) is 4.80. The molecule has 0 radical (unpaired) electrons. The second-order valence-electron chi connectivity index (χ2n) is 7.11. The number of ether oxygens (including phenoxy) is 1. The third kappa shape index (κ3) is 4.36. The topological polar surface area (TPSA) is 39.9 Å². The normalized spacial score (nSPS) is 14.9. The highest BCUT2D eigenvalue weighted by molar-refractivity contribution is 7.98.